The number of imidazole rings is 1. The number of carbonyl (C=O) groups excluding carboxylic acids is 2. The van der Waals surface area contributed by atoms with E-state index >= 15 is 0 Å². The van der Waals surface area contributed by atoms with Gasteiger partial charge in [-0.2, -0.15) is 4.98 Å². The number of benzene rings is 1. The summed E-state index contributed by atoms with van der Waals surface area (Å²) in [4.78, 5) is 35.9. The third kappa shape index (κ3) is 4.00. The number of aliphatic hydroxyl groups excluding tert-OH is 1. The number of halogens is 1. The molecule has 0 bridgehead atoms. The predicted molar refractivity (Wildman–Crippen MR) is 114 cm³/mol. The van der Waals surface area contributed by atoms with Crippen LogP contribution in [0, 0.1) is 0 Å². The highest BCUT2D eigenvalue weighted by atomic mass is 35.5. The lowest BCUT2D eigenvalue weighted by molar-refractivity contribution is 0.0996. The molecule has 1 atom stereocenters. The van der Waals surface area contributed by atoms with E-state index in [1.807, 2.05) is 0 Å². The van der Waals surface area contributed by atoms with Gasteiger partial charge in [-0.1, -0.05) is 23.7 Å². The monoisotopic (exact) mass is 457 g/mol. The van der Waals surface area contributed by atoms with Gasteiger partial charge in [0, 0.05) is 16.8 Å². The summed E-state index contributed by atoms with van der Waals surface area (Å²) in [5.41, 5.74) is 8.18. The Labute approximate surface area is 185 Å². The van der Waals surface area contributed by atoms with Crippen LogP contribution in [0.3, 0.4) is 0 Å². The lowest BCUT2D eigenvalue weighted by Gasteiger charge is -2.15. The van der Waals surface area contributed by atoms with Gasteiger partial charge in [-0.25, -0.2) is 9.97 Å². The zero-order chi connectivity index (χ0) is 22.1. The second-order valence-corrected chi connectivity index (χ2v) is 8.00. The summed E-state index contributed by atoms with van der Waals surface area (Å²) in [5.74, 6) is -0.612. The fourth-order valence-electron chi connectivity index (χ4n) is 3.00. The van der Waals surface area contributed by atoms with Gasteiger partial charge >= 0.3 is 0 Å². The van der Waals surface area contributed by atoms with Crippen LogP contribution < -0.4 is 10.5 Å². The summed E-state index contributed by atoms with van der Waals surface area (Å²) in [5, 5.41) is 10.1. The van der Waals surface area contributed by atoms with Crippen LogP contribution in [0.4, 0.5) is 0 Å². The number of hydrogen-bond acceptors (Lipinski definition) is 8. The Balaban J connectivity index is 1.72. The maximum absolute atomic E-state index is 12.0. The van der Waals surface area contributed by atoms with Gasteiger partial charge < -0.3 is 15.6 Å². The number of fused-ring (bicyclic) bond motifs is 1. The first-order valence-electron chi connectivity index (χ1n) is 9.06. The normalized spacial score (nSPS) is 12.1. The average Bonchev–Trinajstić information content (AvgIpc) is 3.36. The topological polar surface area (TPSA) is 133 Å². The lowest BCUT2D eigenvalue weighted by atomic mass is 10.1. The SMILES string of the molecule is C[C@@H](Oc1nc(-c2cnc3cnc(C=O)cn23)sc1C(N)=O)c1ccc(CO)cc1Cl. The van der Waals surface area contributed by atoms with Gasteiger partial charge in [-0.3, -0.25) is 14.0 Å². The van der Waals surface area contributed by atoms with Gasteiger partial charge in [-0.05, 0) is 18.6 Å². The molecule has 4 aromatic rings. The molecule has 0 fully saturated rings. The molecule has 9 nitrogen and oxygen atoms in total. The number of aldehydes is 1. The van der Waals surface area contributed by atoms with Crippen molar-refractivity contribution in [3.63, 3.8) is 0 Å². The molecule has 4 rings (SSSR count). The molecule has 0 saturated carbocycles. The van der Waals surface area contributed by atoms with Gasteiger partial charge in [0.15, 0.2) is 16.8 Å². The van der Waals surface area contributed by atoms with Crippen LogP contribution in [0.5, 0.6) is 5.88 Å². The Morgan fingerprint density at radius 1 is 1.39 bits per heavy atom. The van der Waals surface area contributed by atoms with E-state index < -0.39 is 12.0 Å². The van der Waals surface area contributed by atoms with Gasteiger partial charge in [-0.15, -0.1) is 11.3 Å². The molecular formula is C20H16ClN5O4S. The van der Waals surface area contributed by atoms with E-state index in [2.05, 4.69) is 15.0 Å². The number of amides is 1. The number of ether oxygens (including phenoxy) is 1. The number of aromatic nitrogens is 4. The number of carbonyl (C=O) groups is 2. The highest BCUT2D eigenvalue weighted by Gasteiger charge is 2.23. The van der Waals surface area contributed by atoms with Gasteiger partial charge in [0.05, 0.1) is 19.0 Å². The van der Waals surface area contributed by atoms with Gasteiger partial charge in [0.25, 0.3) is 5.91 Å². The van der Waals surface area contributed by atoms with Crippen LogP contribution in [-0.4, -0.2) is 36.7 Å². The van der Waals surface area contributed by atoms with Crippen molar-refractivity contribution in [1.82, 2.24) is 19.4 Å². The number of aliphatic hydroxyl groups is 1. The third-order valence-corrected chi connectivity index (χ3v) is 5.95. The van der Waals surface area contributed by atoms with E-state index in [1.165, 1.54) is 12.4 Å². The van der Waals surface area contributed by atoms with Crippen molar-refractivity contribution in [2.24, 2.45) is 5.73 Å². The number of nitrogens with two attached hydrogens (primary N) is 1. The van der Waals surface area contributed by atoms with Crippen molar-refractivity contribution in [3.8, 4) is 16.6 Å². The quantitative estimate of drug-likeness (QED) is 0.407. The third-order valence-electron chi connectivity index (χ3n) is 4.55. The standard InChI is InChI=1S/C20H16ClN5O4S/c1-10(13-3-2-11(8-27)4-14(13)21)30-19-17(18(22)29)31-20(25-19)15-5-24-16-6-23-12(9-28)7-26(15)16/h2-7,9-10,27H,8H2,1H3,(H2,22,29)/t10-/m1/s1. The minimum atomic E-state index is -0.684. The highest BCUT2D eigenvalue weighted by Crippen LogP contribution is 2.36. The van der Waals surface area contributed by atoms with Crippen molar-refractivity contribution >= 4 is 40.8 Å². The Bertz CT molecular complexity index is 1300. The lowest BCUT2D eigenvalue weighted by Crippen LogP contribution is -2.12. The Morgan fingerprint density at radius 2 is 2.19 bits per heavy atom. The molecule has 0 unspecified atom stereocenters. The summed E-state index contributed by atoms with van der Waals surface area (Å²) in [6.07, 6.45) is 4.64. The predicted octanol–water partition coefficient (Wildman–Crippen LogP) is 3.05. The van der Waals surface area contributed by atoms with E-state index in [0.717, 1.165) is 11.3 Å². The van der Waals surface area contributed by atoms with Gasteiger partial charge in [0.2, 0.25) is 5.88 Å². The fourth-order valence-corrected chi connectivity index (χ4v) is 4.22. The summed E-state index contributed by atoms with van der Waals surface area (Å²) in [7, 11) is 0. The van der Waals surface area contributed by atoms with Crippen LogP contribution in [0.15, 0.2) is 36.8 Å². The molecule has 11 heteroatoms. The van der Waals surface area contributed by atoms with Crippen molar-refractivity contribution in [1.29, 1.82) is 0 Å². The molecular weight excluding hydrogens is 442 g/mol. The summed E-state index contributed by atoms with van der Waals surface area (Å²) in [6, 6.07) is 5.13. The summed E-state index contributed by atoms with van der Waals surface area (Å²) >= 11 is 7.36. The van der Waals surface area contributed by atoms with E-state index in [9.17, 15) is 14.7 Å². The van der Waals surface area contributed by atoms with E-state index in [0.29, 0.717) is 38.8 Å². The van der Waals surface area contributed by atoms with Crippen LogP contribution in [0.25, 0.3) is 16.3 Å². The van der Waals surface area contributed by atoms with Crippen molar-refractivity contribution in [2.45, 2.75) is 19.6 Å². The van der Waals surface area contributed by atoms with E-state index in [-0.39, 0.29) is 23.1 Å². The molecule has 158 valence electrons. The van der Waals surface area contributed by atoms with E-state index in [1.54, 1.807) is 35.7 Å². The summed E-state index contributed by atoms with van der Waals surface area (Å²) < 4.78 is 7.59. The first-order chi connectivity index (χ1) is 14.9. The fraction of sp³-hybridized carbons (Fsp3) is 0.150. The molecule has 0 aliphatic carbocycles. The molecule has 0 saturated heterocycles. The smallest absolute Gasteiger partial charge is 0.264 e. The largest absolute Gasteiger partial charge is 0.469 e. The van der Waals surface area contributed by atoms with Crippen molar-refractivity contribution < 1.29 is 19.4 Å². The van der Waals surface area contributed by atoms with Crippen LogP contribution >= 0.6 is 22.9 Å². The number of primary amides is 1. The molecule has 31 heavy (non-hydrogen) atoms. The molecule has 0 radical (unpaired) electrons. The van der Waals surface area contributed by atoms with Gasteiger partial charge in [0.1, 0.15) is 22.5 Å². The minimum absolute atomic E-state index is 0.0712. The maximum Gasteiger partial charge on any atom is 0.264 e. The Hall–Kier alpha value is -3.34. The molecule has 3 heterocycles. The number of thiazole rings is 1. The van der Waals surface area contributed by atoms with Crippen LogP contribution in [0.1, 0.15) is 44.3 Å². The minimum Gasteiger partial charge on any atom is -0.469 e. The molecule has 1 aromatic carbocycles. The molecule has 1 amide bonds. The first-order valence-corrected chi connectivity index (χ1v) is 10.3. The zero-order valence-corrected chi connectivity index (χ0v) is 17.7. The van der Waals surface area contributed by atoms with Crippen molar-refractivity contribution in [2.75, 3.05) is 0 Å². The Morgan fingerprint density at radius 3 is 2.87 bits per heavy atom. The number of hydrogen-bond donors (Lipinski definition) is 2. The average molecular weight is 458 g/mol. The summed E-state index contributed by atoms with van der Waals surface area (Å²) in [6.45, 7) is 1.64. The zero-order valence-electron chi connectivity index (χ0n) is 16.2. The molecule has 0 spiro atoms. The Kier molecular flexibility index (Phi) is 5.68. The first kappa shape index (κ1) is 20.9. The molecule has 0 aliphatic rings. The van der Waals surface area contributed by atoms with Crippen LogP contribution in [-0.2, 0) is 6.61 Å². The second-order valence-electron chi connectivity index (χ2n) is 6.59. The van der Waals surface area contributed by atoms with E-state index in [4.69, 9.17) is 22.1 Å². The molecule has 3 aromatic heterocycles. The van der Waals surface area contributed by atoms with Crippen molar-refractivity contribution in [3.05, 3.63) is 63.5 Å². The highest BCUT2D eigenvalue weighted by molar-refractivity contribution is 7.17. The molecule has 0 aliphatic heterocycles. The molecule has 3 N–H and O–H groups in total. The van der Waals surface area contributed by atoms with Crippen LogP contribution in [0.2, 0.25) is 5.02 Å². The number of nitrogens with zero attached hydrogens (tertiary/aromatic N) is 4. The maximum atomic E-state index is 12.0. The number of rotatable bonds is 7. The second kappa shape index (κ2) is 8.42.